The van der Waals surface area contributed by atoms with E-state index in [0.29, 0.717) is 6.54 Å². The lowest BCUT2D eigenvalue weighted by Crippen LogP contribution is -2.35. The first kappa shape index (κ1) is 17.6. The number of nitrogens with zero attached hydrogens (tertiary/aromatic N) is 1. The maximum Gasteiger partial charge on any atom is 0.225 e. The fourth-order valence-electron chi connectivity index (χ4n) is 1.80. The largest absolute Gasteiger partial charge is 0.324 e. The number of anilines is 1. The number of amides is 1. The molecule has 118 valence electrons. The maximum absolute atomic E-state index is 13.4. The Morgan fingerprint density at radius 2 is 1.95 bits per heavy atom. The molecule has 1 amide bonds. The van der Waals surface area contributed by atoms with Gasteiger partial charge in [-0.15, -0.1) is 0 Å². The number of nitrogens with one attached hydrogen (secondary N) is 1. The Bertz CT molecular complexity index is 588. The molecule has 0 saturated heterocycles. The van der Waals surface area contributed by atoms with Crippen molar-refractivity contribution in [3.8, 4) is 0 Å². The van der Waals surface area contributed by atoms with Crippen molar-refractivity contribution in [1.29, 1.82) is 0 Å². The third-order valence-corrected chi connectivity index (χ3v) is 4.04. The number of halogens is 1. The Hall–Kier alpha value is -1.47. The van der Waals surface area contributed by atoms with E-state index in [1.807, 2.05) is 13.8 Å². The zero-order valence-electron chi connectivity index (χ0n) is 12.5. The first-order valence-electron chi connectivity index (χ1n) is 6.69. The summed E-state index contributed by atoms with van der Waals surface area (Å²) in [7, 11) is -3.36. The summed E-state index contributed by atoms with van der Waals surface area (Å²) >= 11 is 0. The highest BCUT2D eigenvalue weighted by Gasteiger charge is 2.19. The molecule has 0 aliphatic heterocycles. The SMILES string of the molecule is CC(C)CN(CCC(=O)Nc1ccccc1F)S(C)(=O)=O. The van der Waals surface area contributed by atoms with Crippen molar-refractivity contribution in [1.82, 2.24) is 4.31 Å². The molecule has 0 aliphatic rings. The fourth-order valence-corrected chi connectivity index (χ4v) is 2.79. The van der Waals surface area contributed by atoms with Crippen molar-refractivity contribution in [2.24, 2.45) is 5.92 Å². The summed E-state index contributed by atoms with van der Waals surface area (Å²) in [5, 5.41) is 2.43. The predicted octanol–water partition coefficient (Wildman–Crippen LogP) is 2.07. The molecule has 0 aromatic heterocycles. The van der Waals surface area contributed by atoms with Gasteiger partial charge in [-0.2, -0.15) is 0 Å². The van der Waals surface area contributed by atoms with Crippen molar-refractivity contribution in [3.63, 3.8) is 0 Å². The molecule has 0 bridgehead atoms. The van der Waals surface area contributed by atoms with Gasteiger partial charge in [0.1, 0.15) is 5.82 Å². The molecule has 0 spiro atoms. The zero-order chi connectivity index (χ0) is 16.0. The van der Waals surface area contributed by atoms with Crippen LogP contribution in [0.3, 0.4) is 0 Å². The Morgan fingerprint density at radius 3 is 2.48 bits per heavy atom. The third-order valence-electron chi connectivity index (χ3n) is 2.77. The highest BCUT2D eigenvalue weighted by Crippen LogP contribution is 2.13. The average Bonchev–Trinajstić information content (AvgIpc) is 2.35. The molecule has 0 atom stereocenters. The average molecular weight is 316 g/mol. The summed E-state index contributed by atoms with van der Waals surface area (Å²) < 4.78 is 37.9. The van der Waals surface area contributed by atoms with Crippen LogP contribution in [0.25, 0.3) is 0 Å². The standard InChI is InChI=1S/C14H21FN2O3S/c1-11(2)10-17(21(3,19)20)9-8-14(18)16-13-7-5-4-6-12(13)15/h4-7,11H,8-10H2,1-3H3,(H,16,18). The highest BCUT2D eigenvalue weighted by molar-refractivity contribution is 7.88. The van der Waals surface area contributed by atoms with Gasteiger partial charge in [0.05, 0.1) is 11.9 Å². The second-order valence-electron chi connectivity index (χ2n) is 5.29. The molecule has 7 heteroatoms. The number of rotatable bonds is 7. The molecule has 1 aromatic rings. The number of para-hydroxylation sites is 1. The molecule has 1 rings (SSSR count). The van der Waals surface area contributed by atoms with Crippen LogP contribution < -0.4 is 5.32 Å². The number of carbonyl (C=O) groups is 1. The van der Waals surface area contributed by atoms with Crippen LogP contribution in [0.15, 0.2) is 24.3 Å². The lowest BCUT2D eigenvalue weighted by molar-refractivity contribution is -0.116. The minimum atomic E-state index is -3.36. The molecule has 0 fully saturated rings. The van der Waals surface area contributed by atoms with Gasteiger partial charge in [0.25, 0.3) is 0 Å². The van der Waals surface area contributed by atoms with Crippen LogP contribution in [0.2, 0.25) is 0 Å². The number of sulfonamides is 1. The molecule has 0 unspecified atom stereocenters. The van der Waals surface area contributed by atoms with E-state index in [0.717, 1.165) is 6.26 Å². The van der Waals surface area contributed by atoms with Gasteiger partial charge in [-0.3, -0.25) is 4.79 Å². The van der Waals surface area contributed by atoms with Crippen molar-refractivity contribution in [2.75, 3.05) is 24.7 Å². The highest BCUT2D eigenvalue weighted by atomic mass is 32.2. The van der Waals surface area contributed by atoms with Gasteiger partial charge in [-0.1, -0.05) is 26.0 Å². The molecule has 1 N–H and O–H groups in total. The van der Waals surface area contributed by atoms with E-state index in [4.69, 9.17) is 0 Å². The second kappa shape index (κ2) is 7.51. The summed E-state index contributed by atoms with van der Waals surface area (Å²) in [6.07, 6.45) is 1.10. The maximum atomic E-state index is 13.4. The van der Waals surface area contributed by atoms with E-state index < -0.39 is 21.7 Å². The van der Waals surface area contributed by atoms with E-state index in [-0.39, 0.29) is 24.6 Å². The number of hydrogen-bond acceptors (Lipinski definition) is 3. The van der Waals surface area contributed by atoms with Crippen LogP contribution in [0.5, 0.6) is 0 Å². The summed E-state index contributed by atoms with van der Waals surface area (Å²) in [6.45, 7) is 4.23. The van der Waals surface area contributed by atoms with Crippen LogP contribution in [-0.4, -0.2) is 38.0 Å². The van der Waals surface area contributed by atoms with Crippen molar-refractivity contribution < 1.29 is 17.6 Å². The monoisotopic (exact) mass is 316 g/mol. The predicted molar refractivity (Wildman–Crippen MR) is 80.9 cm³/mol. The molecular formula is C14H21FN2O3S. The smallest absolute Gasteiger partial charge is 0.225 e. The molecule has 0 heterocycles. The fraction of sp³-hybridized carbons (Fsp3) is 0.500. The van der Waals surface area contributed by atoms with Crippen LogP contribution in [0.1, 0.15) is 20.3 Å². The summed E-state index contributed by atoms with van der Waals surface area (Å²) in [4.78, 5) is 11.8. The normalized spacial score (nSPS) is 11.9. The minimum Gasteiger partial charge on any atom is -0.324 e. The first-order valence-corrected chi connectivity index (χ1v) is 8.54. The first-order chi connectivity index (χ1) is 9.70. The van der Waals surface area contributed by atoms with Crippen molar-refractivity contribution >= 4 is 21.6 Å². The molecule has 0 radical (unpaired) electrons. The van der Waals surface area contributed by atoms with E-state index in [9.17, 15) is 17.6 Å². The van der Waals surface area contributed by atoms with Crippen LogP contribution in [-0.2, 0) is 14.8 Å². The van der Waals surface area contributed by atoms with Gasteiger partial charge < -0.3 is 5.32 Å². The topological polar surface area (TPSA) is 66.5 Å². The van der Waals surface area contributed by atoms with E-state index in [2.05, 4.69) is 5.32 Å². The number of carbonyl (C=O) groups excluding carboxylic acids is 1. The molecule has 21 heavy (non-hydrogen) atoms. The van der Waals surface area contributed by atoms with Crippen LogP contribution >= 0.6 is 0 Å². The van der Waals surface area contributed by atoms with Gasteiger partial charge in [0.2, 0.25) is 15.9 Å². The Kier molecular flexibility index (Phi) is 6.29. The lowest BCUT2D eigenvalue weighted by atomic mass is 10.2. The van der Waals surface area contributed by atoms with Gasteiger partial charge in [-0.05, 0) is 18.1 Å². The Labute approximate surface area is 125 Å². The van der Waals surface area contributed by atoms with Crippen LogP contribution in [0.4, 0.5) is 10.1 Å². The van der Waals surface area contributed by atoms with Gasteiger partial charge in [0, 0.05) is 19.5 Å². The zero-order valence-corrected chi connectivity index (χ0v) is 13.3. The van der Waals surface area contributed by atoms with Gasteiger partial charge >= 0.3 is 0 Å². The summed E-state index contributed by atoms with van der Waals surface area (Å²) in [5.41, 5.74) is 0.0947. The second-order valence-corrected chi connectivity index (χ2v) is 7.28. The Balaban J connectivity index is 2.60. The summed E-state index contributed by atoms with van der Waals surface area (Å²) in [6, 6.07) is 5.84. The van der Waals surface area contributed by atoms with E-state index in [1.54, 1.807) is 6.07 Å². The molecule has 0 aliphatic carbocycles. The quantitative estimate of drug-likeness (QED) is 0.837. The molecule has 0 saturated carbocycles. The molecular weight excluding hydrogens is 295 g/mol. The molecule has 5 nitrogen and oxygen atoms in total. The van der Waals surface area contributed by atoms with Crippen molar-refractivity contribution in [3.05, 3.63) is 30.1 Å². The van der Waals surface area contributed by atoms with Gasteiger partial charge in [0.15, 0.2) is 0 Å². The number of benzene rings is 1. The lowest BCUT2D eigenvalue weighted by Gasteiger charge is -2.21. The summed E-state index contributed by atoms with van der Waals surface area (Å²) in [5.74, 6) is -0.778. The third kappa shape index (κ3) is 6.22. The van der Waals surface area contributed by atoms with E-state index >= 15 is 0 Å². The van der Waals surface area contributed by atoms with Gasteiger partial charge in [-0.25, -0.2) is 17.1 Å². The number of hydrogen-bond donors (Lipinski definition) is 1. The molecule has 1 aromatic carbocycles. The van der Waals surface area contributed by atoms with Crippen LogP contribution in [0, 0.1) is 11.7 Å². The Morgan fingerprint density at radius 1 is 1.33 bits per heavy atom. The van der Waals surface area contributed by atoms with E-state index in [1.165, 1.54) is 22.5 Å². The minimum absolute atomic E-state index is 0.0197. The van der Waals surface area contributed by atoms with Crippen molar-refractivity contribution in [2.45, 2.75) is 20.3 Å².